The first-order valence-electron chi connectivity index (χ1n) is 11.0. The van der Waals surface area contributed by atoms with Crippen LogP contribution >= 0.6 is 11.6 Å². The monoisotopic (exact) mass is 458 g/mol. The molecule has 4 rings (SSSR count). The fraction of sp³-hybridized carbons (Fsp3) is 0.185. The summed E-state index contributed by atoms with van der Waals surface area (Å²) >= 11 is 5.95. The number of H-pyrrole nitrogens is 1. The van der Waals surface area contributed by atoms with Gasteiger partial charge >= 0.3 is 0 Å². The molecule has 0 unspecified atom stereocenters. The number of anilines is 1. The fourth-order valence-electron chi connectivity index (χ4n) is 3.61. The Morgan fingerprint density at radius 1 is 1.00 bits per heavy atom. The Kier molecular flexibility index (Phi) is 7.10. The van der Waals surface area contributed by atoms with Crippen LogP contribution in [-0.2, 0) is 6.42 Å². The summed E-state index contributed by atoms with van der Waals surface area (Å²) in [5.41, 5.74) is 4.93. The van der Waals surface area contributed by atoms with Crippen LogP contribution in [0.15, 0.2) is 84.0 Å². The summed E-state index contributed by atoms with van der Waals surface area (Å²) in [6.45, 7) is 4.84. The van der Waals surface area contributed by atoms with Crippen LogP contribution in [0.25, 0.3) is 10.9 Å². The van der Waals surface area contributed by atoms with Gasteiger partial charge in [-0.15, -0.1) is 0 Å². The van der Waals surface area contributed by atoms with Crippen LogP contribution in [0.3, 0.4) is 0 Å². The van der Waals surface area contributed by atoms with Crippen LogP contribution in [0.2, 0.25) is 5.02 Å². The average Bonchev–Trinajstić information content (AvgIpc) is 3.23. The molecule has 1 heterocycles. The van der Waals surface area contributed by atoms with Gasteiger partial charge in [0.1, 0.15) is 0 Å². The smallest absolute Gasteiger partial charge is 0.257 e. The Labute approximate surface area is 198 Å². The standard InChI is InChI=1S/C27H27ClN4O/c1-18(2)19-9-13-23(14-10-19)31-27(32-26(33)20-7-11-22(28)12-8-20)29-16-15-21-17-30-25-6-4-3-5-24(21)25/h3-14,17-18,30H,15-16H2,1-2H3,(H2,29,31,32,33). The van der Waals surface area contributed by atoms with Crippen molar-refractivity contribution in [2.45, 2.75) is 26.2 Å². The summed E-state index contributed by atoms with van der Waals surface area (Å²) in [6, 6.07) is 23.1. The van der Waals surface area contributed by atoms with Gasteiger partial charge in [0.15, 0.2) is 0 Å². The lowest BCUT2D eigenvalue weighted by atomic mass is 10.0. The number of fused-ring (bicyclic) bond motifs is 1. The van der Waals surface area contributed by atoms with Gasteiger partial charge in [0.25, 0.3) is 5.91 Å². The number of hydrogen-bond acceptors (Lipinski definition) is 2. The molecule has 0 atom stereocenters. The highest BCUT2D eigenvalue weighted by atomic mass is 35.5. The molecule has 0 aliphatic heterocycles. The molecule has 168 valence electrons. The molecule has 6 heteroatoms. The van der Waals surface area contributed by atoms with Crippen LogP contribution in [0.4, 0.5) is 5.69 Å². The normalized spacial score (nSPS) is 11.7. The molecule has 3 aromatic carbocycles. The third-order valence-corrected chi connectivity index (χ3v) is 5.76. The minimum atomic E-state index is -0.246. The minimum Gasteiger partial charge on any atom is -0.361 e. The molecule has 5 nitrogen and oxygen atoms in total. The Balaban J connectivity index is 1.51. The topological polar surface area (TPSA) is 69.3 Å². The molecular formula is C27H27ClN4O. The first kappa shape index (κ1) is 22.6. The molecule has 0 aliphatic carbocycles. The van der Waals surface area contributed by atoms with Gasteiger partial charge in [-0.3, -0.25) is 15.1 Å². The average molecular weight is 459 g/mol. The number of guanidine groups is 1. The minimum absolute atomic E-state index is 0.246. The summed E-state index contributed by atoms with van der Waals surface area (Å²) in [7, 11) is 0. The molecule has 0 spiro atoms. The van der Waals surface area contributed by atoms with Crippen LogP contribution in [-0.4, -0.2) is 23.4 Å². The Morgan fingerprint density at radius 2 is 1.73 bits per heavy atom. The third-order valence-electron chi connectivity index (χ3n) is 5.50. The molecule has 0 saturated heterocycles. The number of carbonyl (C=O) groups is 1. The molecule has 0 fully saturated rings. The molecule has 33 heavy (non-hydrogen) atoms. The van der Waals surface area contributed by atoms with E-state index in [1.807, 2.05) is 30.5 Å². The summed E-state index contributed by atoms with van der Waals surface area (Å²) in [4.78, 5) is 20.8. The van der Waals surface area contributed by atoms with Gasteiger partial charge in [-0.25, -0.2) is 0 Å². The number of rotatable bonds is 6. The highest BCUT2D eigenvalue weighted by Crippen LogP contribution is 2.19. The molecular weight excluding hydrogens is 432 g/mol. The van der Waals surface area contributed by atoms with Gasteiger partial charge in [-0.2, -0.15) is 0 Å². The number of hydrogen-bond donors (Lipinski definition) is 3. The second kappa shape index (κ2) is 10.4. The summed E-state index contributed by atoms with van der Waals surface area (Å²) < 4.78 is 0. The zero-order valence-corrected chi connectivity index (χ0v) is 19.5. The number of para-hydroxylation sites is 1. The largest absolute Gasteiger partial charge is 0.361 e. The zero-order valence-electron chi connectivity index (χ0n) is 18.7. The highest BCUT2D eigenvalue weighted by molar-refractivity contribution is 6.30. The van der Waals surface area contributed by atoms with Gasteiger partial charge < -0.3 is 10.3 Å². The first-order valence-corrected chi connectivity index (χ1v) is 11.4. The maximum Gasteiger partial charge on any atom is 0.257 e. The predicted molar refractivity (Wildman–Crippen MR) is 137 cm³/mol. The van der Waals surface area contributed by atoms with Gasteiger partial charge in [-0.1, -0.05) is 55.8 Å². The van der Waals surface area contributed by atoms with Crippen molar-refractivity contribution in [3.63, 3.8) is 0 Å². The van der Waals surface area contributed by atoms with Crippen molar-refractivity contribution in [2.75, 3.05) is 11.9 Å². The van der Waals surface area contributed by atoms with E-state index in [9.17, 15) is 4.79 Å². The van der Waals surface area contributed by atoms with E-state index >= 15 is 0 Å². The van der Waals surface area contributed by atoms with Crippen molar-refractivity contribution in [1.82, 2.24) is 10.3 Å². The van der Waals surface area contributed by atoms with Gasteiger partial charge in [0, 0.05) is 39.9 Å². The number of aromatic amines is 1. The quantitative estimate of drug-likeness (QED) is 0.231. The number of carbonyl (C=O) groups excluding carboxylic acids is 1. The molecule has 0 aliphatic rings. The van der Waals surface area contributed by atoms with Gasteiger partial charge in [0.2, 0.25) is 5.96 Å². The van der Waals surface area contributed by atoms with Gasteiger partial charge in [-0.05, 0) is 65.9 Å². The SMILES string of the molecule is CC(C)c1ccc(NC(=NCCc2c[nH]c3ccccc23)NC(=O)c2ccc(Cl)cc2)cc1. The second-order valence-electron chi connectivity index (χ2n) is 8.20. The zero-order chi connectivity index (χ0) is 23.2. The molecule has 0 radical (unpaired) electrons. The van der Waals surface area contributed by atoms with Crippen molar-refractivity contribution in [3.8, 4) is 0 Å². The lowest BCUT2D eigenvalue weighted by Gasteiger charge is -2.13. The van der Waals surface area contributed by atoms with E-state index in [4.69, 9.17) is 11.6 Å². The number of amides is 1. The summed E-state index contributed by atoms with van der Waals surface area (Å²) in [6.07, 6.45) is 2.77. The number of aromatic nitrogens is 1. The van der Waals surface area contributed by atoms with E-state index in [-0.39, 0.29) is 5.91 Å². The molecule has 1 aromatic heterocycles. The molecule has 3 N–H and O–H groups in total. The third kappa shape index (κ3) is 5.82. The maximum absolute atomic E-state index is 12.8. The number of nitrogens with one attached hydrogen (secondary N) is 3. The maximum atomic E-state index is 12.8. The molecule has 1 amide bonds. The van der Waals surface area contributed by atoms with E-state index in [0.717, 1.165) is 17.6 Å². The van der Waals surface area contributed by atoms with E-state index in [1.165, 1.54) is 16.5 Å². The molecule has 4 aromatic rings. The molecule has 0 saturated carbocycles. The summed E-state index contributed by atoms with van der Waals surface area (Å²) in [5, 5.41) is 7.94. The number of aliphatic imine (C=N–C) groups is 1. The van der Waals surface area contributed by atoms with E-state index in [2.05, 4.69) is 58.7 Å². The predicted octanol–water partition coefficient (Wildman–Crippen LogP) is 6.39. The van der Waals surface area contributed by atoms with Gasteiger partial charge in [0.05, 0.1) is 0 Å². The highest BCUT2D eigenvalue weighted by Gasteiger charge is 2.10. The van der Waals surface area contributed by atoms with Crippen molar-refractivity contribution < 1.29 is 4.79 Å². The number of nitrogens with zero attached hydrogens (tertiary/aromatic N) is 1. The van der Waals surface area contributed by atoms with Crippen LogP contribution in [0.5, 0.6) is 0 Å². The lowest BCUT2D eigenvalue weighted by Crippen LogP contribution is -2.36. The van der Waals surface area contributed by atoms with Crippen LogP contribution < -0.4 is 10.6 Å². The Bertz CT molecular complexity index is 1260. The van der Waals surface area contributed by atoms with Crippen LogP contribution in [0.1, 0.15) is 41.3 Å². The summed E-state index contributed by atoms with van der Waals surface area (Å²) in [5.74, 6) is 0.615. The van der Waals surface area contributed by atoms with Crippen molar-refractivity contribution in [1.29, 1.82) is 0 Å². The first-order chi connectivity index (χ1) is 16.0. The number of halogens is 1. The number of benzene rings is 3. The van der Waals surface area contributed by atoms with Crippen molar-refractivity contribution in [2.24, 2.45) is 4.99 Å². The van der Waals surface area contributed by atoms with Crippen molar-refractivity contribution in [3.05, 3.63) is 101 Å². The molecule has 0 bridgehead atoms. The Hall–Kier alpha value is -3.57. The fourth-order valence-corrected chi connectivity index (χ4v) is 3.73. The van der Waals surface area contributed by atoms with E-state index in [0.29, 0.717) is 29.0 Å². The van der Waals surface area contributed by atoms with E-state index in [1.54, 1.807) is 24.3 Å². The van der Waals surface area contributed by atoms with Crippen molar-refractivity contribution >= 4 is 40.1 Å². The van der Waals surface area contributed by atoms with Crippen LogP contribution in [0, 0.1) is 0 Å². The lowest BCUT2D eigenvalue weighted by molar-refractivity contribution is 0.0977. The Morgan fingerprint density at radius 3 is 2.45 bits per heavy atom. The second-order valence-corrected chi connectivity index (χ2v) is 8.64. The van der Waals surface area contributed by atoms with E-state index < -0.39 is 0 Å².